The topological polar surface area (TPSA) is 50.3 Å². The van der Waals surface area contributed by atoms with Crippen LogP contribution in [0.25, 0.3) is 10.9 Å². The maximum absolute atomic E-state index is 5.76. The van der Waals surface area contributed by atoms with E-state index in [1.165, 1.54) is 0 Å². The van der Waals surface area contributed by atoms with Gasteiger partial charge >= 0.3 is 0 Å². The third kappa shape index (κ3) is 3.56. The van der Waals surface area contributed by atoms with Crippen LogP contribution in [0.2, 0.25) is 0 Å². The number of pyridine rings is 2. The number of nitrogens with zero attached hydrogens (tertiary/aromatic N) is 3. The van der Waals surface area contributed by atoms with E-state index in [1.54, 1.807) is 12.4 Å². The zero-order valence-corrected chi connectivity index (χ0v) is 14.5. The van der Waals surface area contributed by atoms with Crippen LogP contribution in [0.1, 0.15) is 13.8 Å². The fraction of sp³-hybridized carbons (Fsp3) is 0.500. The molecule has 2 aromatic rings. The lowest BCUT2D eigenvalue weighted by Gasteiger charge is -2.35. The molecule has 0 amide bonds. The van der Waals surface area contributed by atoms with Crippen molar-refractivity contribution in [3.05, 3.63) is 29.0 Å². The second-order valence-electron chi connectivity index (χ2n) is 5.80. The summed E-state index contributed by atoms with van der Waals surface area (Å²) in [6.45, 7) is 8.08. The van der Waals surface area contributed by atoms with Crippen LogP contribution in [0, 0.1) is 0 Å². The largest absolute Gasteiger partial charge is 0.373 e. The third-order valence-electron chi connectivity index (χ3n) is 3.81. The first-order valence-corrected chi connectivity index (χ1v) is 8.43. The molecule has 6 heteroatoms. The van der Waals surface area contributed by atoms with Gasteiger partial charge < -0.3 is 10.1 Å². The number of morpholine rings is 1. The van der Waals surface area contributed by atoms with Crippen LogP contribution in [0.4, 0.5) is 5.82 Å². The van der Waals surface area contributed by atoms with E-state index in [-0.39, 0.29) is 0 Å². The molecular weight excluding hydrogens is 344 g/mol. The molecule has 0 unspecified atom stereocenters. The number of fused-ring (bicyclic) bond motifs is 1. The number of aromatic nitrogens is 2. The first-order valence-electron chi connectivity index (χ1n) is 7.64. The molecule has 1 fully saturated rings. The summed E-state index contributed by atoms with van der Waals surface area (Å²) in [6, 6.07) is 3.98. The van der Waals surface area contributed by atoms with Gasteiger partial charge in [0.2, 0.25) is 0 Å². The first kappa shape index (κ1) is 15.6. The molecule has 3 rings (SSSR count). The Balaban J connectivity index is 1.64. The van der Waals surface area contributed by atoms with E-state index in [0.717, 1.165) is 47.4 Å². The molecule has 0 aromatic carbocycles. The van der Waals surface area contributed by atoms with Crippen molar-refractivity contribution in [2.24, 2.45) is 0 Å². The summed E-state index contributed by atoms with van der Waals surface area (Å²) >= 11 is 3.50. The van der Waals surface area contributed by atoms with Crippen molar-refractivity contribution >= 4 is 32.7 Å². The number of ether oxygens (including phenoxy) is 1. The predicted molar refractivity (Wildman–Crippen MR) is 92.2 cm³/mol. The summed E-state index contributed by atoms with van der Waals surface area (Å²) < 4.78 is 6.68. The third-order valence-corrected chi connectivity index (χ3v) is 4.39. The van der Waals surface area contributed by atoms with Gasteiger partial charge in [0.1, 0.15) is 5.82 Å². The van der Waals surface area contributed by atoms with Crippen molar-refractivity contribution in [2.45, 2.75) is 26.1 Å². The quantitative estimate of drug-likeness (QED) is 0.903. The van der Waals surface area contributed by atoms with Gasteiger partial charge in [-0.1, -0.05) is 0 Å². The highest BCUT2D eigenvalue weighted by Crippen LogP contribution is 2.25. The summed E-state index contributed by atoms with van der Waals surface area (Å²) in [5, 5.41) is 4.48. The smallest absolute Gasteiger partial charge is 0.135 e. The highest BCUT2D eigenvalue weighted by molar-refractivity contribution is 9.10. The maximum atomic E-state index is 5.76. The molecule has 1 N–H and O–H groups in total. The number of nitrogens with one attached hydrogen (secondary N) is 1. The number of hydrogen-bond donors (Lipinski definition) is 1. The van der Waals surface area contributed by atoms with E-state index in [0.29, 0.717) is 12.2 Å². The van der Waals surface area contributed by atoms with E-state index in [2.05, 4.69) is 50.0 Å². The lowest BCUT2D eigenvalue weighted by Crippen LogP contribution is -2.46. The number of halogens is 1. The standard InChI is InChI=1S/C16H21BrN4O/c1-11-9-21(10-12(2)22-11)7-6-19-16-13-4-3-5-18-15(13)14(17)8-20-16/h3-5,8,11-12H,6-7,9-10H2,1-2H3,(H,19,20)/t11-,12+. The fourth-order valence-electron chi connectivity index (χ4n) is 2.98. The second kappa shape index (κ2) is 6.89. The Morgan fingerprint density at radius 1 is 1.32 bits per heavy atom. The van der Waals surface area contributed by atoms with Gasteiger partial charge in [0.15, 0.2) is 0 Å². The average molecular weight is 365 g/mol. The minimum absolute atomic E-state index is 0.305. The molecule has 5 nitrogen and oxygen atoms in total. The van der Waals surface area contributed by atoms with Crippen LogP contribution in [-0.2, 0) is 4.74 Å². The Bertz CT molecular complexity index is 641. The lowest BCUT2D eigenvalue weighted by molar-refractivity contribution is -0.0667. The van der Waals surface area contributed by atoms with Crippen molar-refractivity contribution in [3.63, 3.8) is 0 Å². The van der Waals surface area contributed by atoms with E-state index in [9.17, 15) is 0 Å². The predicted octanol–water partition coefficient (Wildman–Crippen LogP) is 2.91. The summed E-state index contributed by atoms with van der Waals surface area (Å²) in [6.07, 6.45) is 4.21. The number of anilines is 1. The van der Waals surface area contributed by atoms with Crippen LogP contribution in [0.3, 0.4) is 0 Å². The zero-order valence-electron chi connectivity index (χ0n) is 12.9. The average Bonchev–Trinajstić information content (AvgIpc) is 2.49. The van der Waals surface area contributed by atoms with Crippen molar-refractivity contribution < 1.29 is 4.74 Å². The molecule has 0 spiro atoms. The minimum Gasteiger partial charge on any atom is -0.373 e. The van der Waals surface area contributed by atoms with Gasteiger partial charge in [-0.2, -0.15) is 0 Å². The van der Waals surface area contributed by atoms with Crippen LogP contribution in [0.15, 0.2) is 29.0 Å². The summed E-state index contributed by atoms with van der Waals surface area (Å²) in [5.74, 6) is 0.889. The highest BCUT2D eigenvalue weighted by atomic mass is 79.9. The van der Waals surface area contributed by atoms with E-state index in [1.807, 2.05) is 12.1 Å². The van der Waals surface area contributed by atoms with Gasteiger partial charge in [-0.05, 0) is 41.9 Å². The van der Waals surface area contributed by atoms with Gasteiger partial charge in [0.05, 0.1) is 22.2 Å². The SMILES string of the molecule is C[C@@H]1CN(CCNc2ncc(Br)c3ncccc23)C[C@H](C)O1. The van der Waals surface area contributed by atoms with Crippen molar-refractivity contribution in [3.8, 4) is 0 Å². The minimum atomic E-state index is 0.305. The lowest BCUT2D eigenvalue weighted by atomic mass is 10.2. The molecule has 0 radical (unpaired) electrons. The Morgan fingerprint density at radius 2 is 2.09 bits per heavy atom. The molecular formula is C16H21BrN4O. The molecule has 3 heterocycles. The summed E-state index contributed by atoms with van der Waals surface area (Å²) in [4.78, 5) is 11.3. The van der Waals surface area contributed by atoms with Crippen LogP contribution in [-0.4, -0.2) is 53.3 Å². The second-order valence-corrected chi connectivity index (χ2v) is 6.65. The van der Waals surface area contributed by atoms with E-state index < -0.39 is 0 Å². The molecule has 1 saturated heterocycles. The van der Waals surface area contributed by atoms with E-state index in [4.69, 9.17) is 4.74 Å². The Morgan fingerprint density at radius 3 is 2.86 bits per heavy atom. The van der Waals surface area contributed by atoms with Crippen LogP contribution >= 0.6 is 15.9 Å². The van der Waals surface area contributed by atoms with Crippen molar-refractivity contribution in [2.75, 3.05) is 31.5 Å². The molecule has 1 aliphatic heterocycles. The van der Waals surface area contributed by atoms with Gasteiger partial charge in [0, 0.05) is 44.0 Å². The normalized spacial score (nSPS) is 22.9. The molecule has 0 aliphatic carbocycles. The number of rotatable bonds is 4. The molecule has 22 heavy (non-hydrogen) atoms. The van der Waals surface area contributed by atoms with E-state index >= 15 is 0 Å². The molecule has 118 valence electrons. The summed E-state index contributed by atoms with van der Waals surface area (Å²) in [5.41, 5.74) is 0.939. The molecule has 1 aliphatic rings. The van der Waals surface area contributed by atoms with Crippen molar-refractivity contribution in [1.82, 2.24) is 14.9 Å². The monoisotopic (exact) mass is 364 g/mol. The maximum Gasteiger partial charge on any atom is 0.135 e. The van der Waals surface area contributed by atoms with Crippen LogP contribution < -0.4 is 5.32 Å². The van der Waals surface area contributed by atoms with Gasteiger partial charge in [-0.25, -0.2) is 4.98 Å². The number of hydrogen-bond acceptors (Lipinski definition) is 5. The molecule has 2 atom stereocenters. The molecule has 0 bridgehead atoms. The molecule has 2 aromatic heterocycles. The fourth-order valence-corrected chi connectivity index (χ4v) is 3.40. The van der Waals surface area contributed by atoms with Gasteiger partial charge in [-0.15, -0.1) is 0 Å². The zero-order chi connectivity index (χ0) is 15.5. The van der Waals surface area contributed by atoms with Crippen LogP contribution in [0.5, 0.6) is 0 Å². The Labute approximate surface area is 139 Å². The molecule has 0 saturated carbocycles. The van der Waals surface area contributed by atoms with Gasteiger partial charge in [0.25, 0.3) is 0 Å². The van der Waals surface area contributed by atoms with Crippen molar-refractivity contribution in [1.29, 1.82) is 0 Å². The highest BCUT2D eigenvalue weighted by Gasteiger charge is 2.21. The summed E-state index contributed by atoms with van der Waals surface area (Å²) in [7, 11) is 0. The Hall–Kier alpha value is -1.24. The van der Waals surface area contributed by atoms with Gasteiger partial charge in [-0.3, -0.25) is 9.88 Å². The Kier molecular flexibility index (Phi) is 4.90. The first-order chi connectivity index (χ1) is 10.6.